The molecule has 0 aromatic carbocycles. The van der Waals surface area contributed by atoms with Gasteiger partial charge in [-0.05, 0) is 51.7 Å². The van der Waals surface area contributed by atoms with Gasteiger partial charge in [0.25, 0.3) is 0 Å². The average molecular weight is 295 g/mol. The van der Waals surface area contributed by atoms with Gasteiger partial charge in [0.2, 0.25) is 10.0 Å². The molecule has 1 unspecified atom stereocenters. The minimum absolute atomic E-state index is 0.226. The number of hydrogen-bond donors (Lipinski definition) is 1. The van der Waals surface area contributed by atoms with E-state index in [-0.39, 0.29) is 6.04 Å². The first-order valence-corrected chi connectivity index (χ1v) is 8.26. The van der Waals surface area contributed by atoms with Gasteiger partial charge in [0, 0.05) is 18.8 Å². The average Bonchev–Trinajstić information content (AvgIpc) is 2.66. The summed E-state index contributed by atoms with van der Waals surface area (Å²) in [5, 5.41) is 9.11. The molecular weight excluding hydrogens is 274 g/mol. The van der Waals surface area contributed by atoms with Crippen molar-refractivity contribution in [3.05, 3.63) is 23.0 Å². The molecule has 0 aliphatic heterocycles. The maximum Gasteiger partial charge on any atom is 0.217 e. The molecule has 5 nitrogen and oxygen atoms in total. The zero-order valence-corrected chi connectivity index (χ0v) is 13.2. The van der Waals surface area contributed by atoms with Crippen molar-refractivity contribution in [2.24, 2.45) is 7.05 Å². The molecule has 0 spiro atoms. The smallest absolute Gasteiger partial charge is 0.217 e. The van der Waals surface area contributed by atoms with E-state index in [4.69, 9.17) is 5.26 Å². The fourth-order valence-electron chi connectivity index (χ4n) is 2.50. The third-order valence-electron chi connectivity index (χ3n) is 3.89. The number of fused-ring (bicyclic) bond motifs is 1. The Morgan fingerprint density at radius 2 is 2.10 bits per heavy atom. The lowest BCUT2D eigenvalue weighted by Gasteiger charge is -2.28. The van der Waals surface area contributed by atoms with Crippen LogP contribution in [0.25, 0.3) is 0 Å². The van der Waals surface area contributed by atoms with Crippen LogP contribution in [0.15, 0.2) is 6.07 Å². The summed E-state index contributed by atoms with van der Waals surface area (Å²) < 4.78 is 28.5. The number of hydrogen-bond acceptors (Lipinski definition) is 3. The van der Waals surface area contributed by atoms with Gasteiger partial charge < -0.3 is 4.57 Å². The standard InChI is InChI=1S/C14H21N3O2S/c1-14(2,3)20(18,19)16-12-6-5-7-13-11(12)8-10(9-15)17(13)4/h8,12,16H,5-7H2,1-4H3. The van der Waals surface area contributed by atoms with Crippen molar-refractivity contribution in [1.29, 1.82) is 5.26 Å². The van der Waals surface area contributed by atoms with Crippen LogP contribution in [0.3, 0.4) is 0 Å². The SMILES string of the molecule is Cn1c(C#N)cc2c1CCCC2NS(=O)(=O)C(C)(C)C. The number of aromatic nitrogens is 1. The number of nitriles is 1. The molecule has 2 rings (SSSR count). The van der Waals surface area contributed by atoms with Crippen LogP contribution < -0.4 is 4.72 Å². The Kier molecular flexibility index (Phi) is 3.69. The molecule has 0 bridgehead atoms. The first-order valence-electron chi connectivity index (χ1n) is 6.78. The maximum atomic E-state index is 12.3. The molecule has 0 radical (unpaired) electrons. The Bertz CT molecular complexity index is 660. The van der Waals surface area contributed by atoms with Gasteiger partial charge in [-0.25, -0.2) is 13.1 Å². The Hall–Kier alpha value is -1.32. The molecule has 20 heavy (non-hydrogen) atoms. The summed E-state index contributed by atoms with van der Waals surface area (Å²) in [6.07, 6.45) is 2.59. The highest BCUT2D eigenvalue weighted by Crippen LogP contribution is 2.33. The first kappa shape index (κ1) is 15.1. The van der Waals surface area contributed by atoms with Crippen molar-refractivity contribution >= 4 is 10.0 Å². The molecule has 0 saturated heterocycles. The van der Waals surface area contributed by atoms with Gasteiger partial charge in [-0.2, -0.15) is 5.26 Å². The van der Waals surface area contributed by atoms with Crippen molar-refractivity contribution in [3.8, 4) is 6.07 Å². The molecule has 110 valence electrons. The second-order valence-corrected chi connectivity index (χ2v) is 8.75. The van der Waals surface area contributed by atoms with Gasteiger partial charge in [-0.3, -0.25) is 0 Å². The summed E-state index contributed by atoms with van der Waals surface area (Å²) >= 11 is 0. The summed E-state index contributed by atoms with van der Waals surface area (Å²) in [7, 11) is -1.53. The quantitative estimate of drug-likeness (QED) is 0.906. The van der Waals surface area contributed by atoms with Gasteiger partial charge in [0.05, 0.1) is 4.75 Å². The van der Waals surface area contributed by atoms with E-state index in [0.29, 0.717) is 5.69 Å². The molecule has 1 N–H and O–H groups in total. The second-order valence-electron chi connectivity index (χ2n) is 6.28. The van der Waals surface area contributed by atoms with Crippen LogP contribution in [-0.4, -0.2) is 17.7 Å². The fraction of sp³-hybridized carbons (Fsp3) is 0.643. The van der Waals surface area contributed by atoms with Crippen LogP contribution in [0, 0.1) is 11.3 Å². The number of nitrogens with zero attached hydrogens (tertiary/aromatic N) is 2. The lowest BCUT2D eigenvalue weighted by Crippen LogP contribution is -2.42. The van der Waals surface area contributed by atoms with Crippen molar-refractivity contribution in [2.75, 3.05) is 0 Å². The number of rotatable bonds is 2. The third kappa shape index (κ3) is 2.48. The lowest BCUT2D eigenvalue weighted by molar-refractivity contribution is 0.484. The molecule has 0 amide bonds. The number of nitrogens with one attached hydrogen (secondary N) is 1. The third-order valence-corrected chi connectivity index (χ3v) is 6.10. The Morgan fingerprint density at radius 1 is 1.45 bits per heavy atom. The molecule has 0 saturated carbocycles. The van der Waals surface area contributed by atoms with E-state index in [1.165, 1.54) is 0 Å². The summed E-state index contributed by atoms with van der Waals surface area (Å²) in [5.41, 5.74) is 2.59. The summed E-state index contributed by atoms with van der Waals surface area (Å²) in [4.78, 5) is 0. The molecule has 1 aromatic heterocycles. The van der Waals surface area contributed by atoms with Crippen molar-refractivity contribution < 1.29 is 8.42 Å². The Labute approximate surface area is 120 Å². The lowest BCUT2D eigenvalue weighted by atomic mass is 9.93. The molecular formula is C14H21N3O2S. The highest BCUT2D eigenvalue weighted by molar-refractivity contribution is 7.90. The zero-order valence-electron chi connectivity index (χ0n) is 12.4. The topological polar surface area (TPSA) is 74.9 Å². The van der Waals surface area contributed by atoms with Gasteiger partial charge in [-0.15, -0.1) is 0 Å². The highest BCUT2D eigenvalue weighted by Gasteiger charge is 2.34. The van der Waals surface area contributed by atoms with E-state index >= 15 is 0 Å². The highest BCUT2D eigenvalue weighted by atomic mass is 32.2. The van der Waals surface area contributed by atoms with E-state index in [1.807, 2.05) is 17.7 Å². The van der Waals surface area contributed by atoms with Crippen LogP contribution in [0.1, 0.15) is 56.6 Å². The molecule has 1 aliphatic carbocycles. The zero-order chi connectivity index (χ0) is 15.1. The molecule has 1 aromatic rings. The fourth-order valence-corrected chi connectivity index (χ4v) is 3.48. The van der Waals surface area contributed by atoms with Crippen LogP contribution in [0.4, 0.5) is 0 Å². The summed E-state index contributed by atoms with van der Waals surface area (Å²) in [6.45, 7) is 5.06. The normalized spacial score (nSPS) is 19.4. The molecule has 0 fully saturated rings. The summed E-state index contributed by atoms with van der Waals surface area (Å²) in [5.74, 6) is 0. The minimum Gasteiger partial charge on any atom is -0.339 e. The summed E-state index contributed by atoms with van der Waals surface area (Å²) in [6, 6.07) is 3.74. The molecule has 1 aliphatic rings. The first-order chi connectivity index (χ1) is 9.17. The van der Waals surface area contributed by atoms with Crippen LogP contribution in [0.5, 0.6) is 0 Å². The van der Waals surface area contributed by atoms with Crippen LogP contribution in [-0.2, 0) is 23.5 Å². The van der Waals surface area contributed by atoms with E-state index in [9.17, 15) is 8.42 Å². The van der Waals surface area contributed by atoms with Crippen molar-refractivity contribution in [2.45, 2.75) is 50.8 Å². The predicted octanol–water partition coefficient (Wildman–Crippen LogP) is 1.99. The minimum atomic E-state index is -3.39. The Morgan fingerprint density at radius 3 is 2.65 bits per heavy atom. The molecule has 1 heterocycles. The van der Waals surface area contributed by atoms with E-state index in [2.05, 4.69) is 10.8 Å². The van der Waals surface area contributed by atoms with Crippen LogP contribution >= 0.6 is 0 Å². The van der Waals surface area contributed by atoms with Gasteiger partial charge in [0.1, 0.15) is 11.8 Å². The second kappa shape index (κ2) is 4.90. The van der Waals surface area contributed by atoms with Crippen LogP contribution in [0.2, 0.25) is 0 Å². The maximum absolute atomic E-state index is 12.3. The number of sulfonamides is 1. The largest absolute Gasteiger partial charge is 0.339 e. The van der Waals surface area contributed by atoms with Gasteiger partial charge in [0.15, 0.2) is 0 Å². The van der Waals surface area contributed by atoms with E-state index in [0.717, 1.165) is 30.5 Å². The molecule has 6 heteroatoms. The monoisotopic (exact) mass is 295 g/mol. The Balaban J connectivity index is 2.38. The van der Waals surface area contributed by atoms with E-state index < -0.39 is 14.8 Å². The molecule has 1 atom stereocenters. The predicted molar refractivity (Wildman–Crippen MR) is 77.6 cm³/mol. The van der Waals surface area contributed by atoms with E-state index in [1.54, 1.807) is 20.8 Å². The van der Waals surface area contributed by atoms with Crippen molar-refractivity contribution in [3.63, 3.8) is 0 Å². The van der Waals surface area contributed by atoms with Gasteiger partial charge in [-0.1, -0.05) is 0 Å². The van der Waals surface area contributed by atoms with Gasteiger partial charge >= 0.3 is 0 Å². The van der Waals surface area contributed by atoms with Crippen molar-refractivity contribution in [1.82, 2.24) is 9.29 Å².